The van der Waals surface area contributed by atoms with Crippen LogP contribution in [-0.2, 0) is 9.59 Å². The van der Waals surface area contributed by atoms with Crippen molar-refractivity contribution in [1.82, 2.24) is 9.88 Å². The van der Waals surface area contributed by atoms with Crippen molar-refractivity contribution in [3.63, 3.8) is 0 Å². The summed E-state index contributed by atoms with van der Waals surface area (Å²) in [6, 6.07) is 18.8. The number of nitrogens with one attached hydrogen (secondary N) is 1. The van der Waals surface area contributed by atoms with Gasteiger partial charge in [0.2, 0.25) is 0 Å². The molecular formula is C25H22ClFN4O2. The van der Waals surface area contributed by atoms with Crippen molar-refractivity contribution >= 4 is 40.9 Å². The van der Waals surface area contributed by atoms with E-state index in [1.165, 1.54) is 18.3 Å². The summed E-state index contributed by atoms with van der Waals surface area (Å²) in [4.78, 5) is 34.0. The number of carbonyl (C=O) groups excluding carboxylic acids is 2. The van der Waals surface area contributed by atoms with Gasteiger partial charge in [0.15, 0.2) is 0 Å². The van der Waals surface area contributed by atoms with Crippen LogP contribution in [0.4, 0.5) is 15.8 Å². The first-order chi connectivity index (χ1) is 16.0. The van der Waals surface area contributed by atoms with Crippen molar-refractivity contribution in [3.05, 3.63) is 95.0 Å². The minimum atomic E-state index is -0.539. The maximum atomic E-state index is 14.1. The molecule has 6 nitrogen and oxygen atoms in total. The summed E-state index contributed by atoms with van der Waals surface area (Å²) in [5.74, 6) is -1.26. The molecule has 33 heavy (non-hydrogen) atoms. The second-order valence-electron chi connectivity index (χ2n) is 7.49. The highest BCUT2D eigenvalue weighted by atomic mass is 35.5. The highest BCUT2D eigenvalue weighted by Gasteiger charge is 2.28. The molecule has 0 atom stereocenters. The van der Waals surface area contributed by atoms with Crippen LogP contribution in [0.5, 0.6) is 0 Å². The van der Waals surface area contributed by atoms with E-state index in [1.807, 2.05) is 11.0 Å². The minimum Gasteiger partial charge on any atom is -0.366 e. The molecule has 1 saturated heterocycles. The number of pyridine rings is 1. The standard InChI is InChI=1S/C25H22ClFN4O2/c26-23-18(7-6-12-28-23)17-20(24(32)29-19-8-2-1-3-9-19)25(33)31-15-13-30(14-16-31)22-11-5-4-10-21(22)27/h1-12,17H,13-16H2,(H,29,32). The largest absolute Gasteiger partial charge is 0.366 e. The Kier molecular flexibility index (Phi) is 7.00. The lowest BCUT2D eigenvalue weighted by Crippen LogP contribution is -2.50. The van der Waals surface area contributed by atoms with E-state index >= 15 is 0 Å². The van der Waals surface area contributed by atoms with Gasteiger partial charge in [-0.1, -0.05) is 48.0 Å². The molecule has 1 aliphatic rings. The normalized spacial score (nSPS) is 14.2. The molecule has 1 N–H and O–H groups in total. The van der Waals surface area contributed by atoms with Crippen molar-refractivity contribution in [1.29, 1.82) is 0 Å². The second-order valence-corrected chi connectivity index (χ2v) is 7.85. The van der Waals surface area contributed by atoms with Gasteiger partial charge in [-0.15, -0.1) is 0 Å². The Balaban J connectivity index is 1.55. The van der Waals surface area contributed by atoms with Gasteiger partial charge < -0.3 is 15.1 Å². The highest BCUT2D eigenvalue weighted by Crippen LogP contribution is 2.22. The van der Waals surface area contributed by atoms with E-state index in [0.717, 1.165) is 0 Å². The van der Waals surface area contributed by atoms with E-state index in [1.54, 1.807) is 59.5 Å². The van der Waals surface area contributed by atoms with Crippen molar-refractivity contribution in [2.24, 2.45) is 0 Å². The molecule has 0 aliphatic carbocycles. The number of hydrogen-bond donors (Lipinski definition) is 1. The molecule has 1 aromatic heterocycles. The molecular weight excluding hydrogens is 443 g/mol. The monoisotopic (exact) mass is 464 g/mol. The third kappa shape index (κ3) is 5.38. The summed E-state index contributed by atoms with van der Waals surface area (Å²) in [5.41, 5.74) is 1.50. The fourth-order valence-electron chi connectivity index (χ4n) is 3.63. The van der Waals surface area contributed by atoms with Crippen LogP contribution in [-0.4, -0.2) is 47.9 Å². The van der Waals surface area contributed by atoms with E-state index in [9.17, 15) is 14.0 Å². The summed E-state index contributed by atoms with van der Waals surface area (Å²) in [6.45, 7) is 1.61. The lowest BCUT2D eigenvalue weighted by molar-refractivity contribution is -0.129. The Hall–Kier alpha value is -3.71. The maximum absolute atomic E-state index is 14.1. The van der Waals surface area contributed by atoms with Crippen molar-refractivity contribution < 1.29 is 14.0 Å². The number of aromatic nitrogens is 1. The zero-order valence-electron chi connectivity index (χ0n) is 17.7. The number of amides is 2. The Labute approximate surface area is 196 Å². The van der Waals surface area contributed by atoms with Gasteiger partial charge in [0.05, 0.1) is 5.69 Å². The van der Waals surface area contributed by atoms with Gasteiger partial charge in [0.1, 0.15) is 16.5 Å². The van der Waals surface area contributed by atoms with Crippen molar-refractivity contribution in [2.75, 3.05) is 36.4 Å². The Morgan fingerprint density at radius 1 is 0.939 bits per heavy atom. The van der Waals surface area contributed by atoms with E-state index in [0.29, 0.717) is 43.1 Å². The average Bonchev–Trinajstić information content (AvgIpc) is 2.84. The maximum Gasteiger partial charge on any atom is 0.261 e. The lowest BCUT2D eigenvalue weighted by Gasteiger charge is -2.36. The summed E-state index contributed by atoms with van der Waals surface area (Å²) >= 11 is 6.17. The van der Waals surface area contributed by atoms with Crippen LogP contribution in [0.2, 0.25) is 5.15 Å². The van der Waals surface area contributed by atoms with Gasteiger partial charge in [-0.25, -0.2) is 9.37 Å². The summed E-state index contributed by atoms with van der Waals surface area (Å²) in [7, 11) is 0. The molecule has 2 amide bonds. The second kappa shape index (κ2) is 10.3. The van der Waals surface area contributed by atoms with Gasteiger partial charge in [-0.3, -0.25) is 9.59 Å². The molecule has 8 heteroatoms. The van der Waals surface area contributed by atoms with E-state index in [-0.39, 0.29) is 16.5 Å². The third-order valence-corrected chi connectivity index (χ3v) is 5.67. The van der Waals surface area contributed by atoms with Gasteiger partial charge in [0, 0.05) is 43.6 Å². The molecule has 0 saturated carbocycles. The molecule has 3 aromatic rings. The first kappa shape index (κ1) is 22.5. The summed E-state index contributed by atoms with van der Waals surface area (Å²) in [5, 5.41) is 2.96. The average molecular weight is 465 g/mol. The Morgan fingerprint density at radius 2 is 1.64 bits per heavy atom. The fourth-order valence-corrected chi connectivity index (χ4v) is 3.81. The molecule has 0 radical (unpaired) electrons. The molecule has 4 rings (SSSR count). The van der Waals surface area contributed by atoms with Crippen LogP contribution in [0.3, 0.4) is 0 Å². The van der Waals surface area contributed by atoms with E-state index in [4.69, 9.17) is 11.6 Å². The zero-order chi connectivity index (χ0) is 23.2. The van der Waals surface area contributed by atoms with Crippen LogP contribution in [0, 0.1) is 5.82 Å². The zero-order valence-corrected chi connectivity index (χ0v) is 18.5. The van der Waals surface area contributed by atoms with Gasteiger partial charge >= 0.3 is 0 Å². The Bertz CT molecular complexity index is 1180. The Morgan fingerprint density at radius 3 is 2.33 bits per heavy atom. The first-order valence-corrected chi connectivity index (χ1v) is 10.9. The number of halogens is 2. The van der Waals surface area contributed by atoms with Crippen molar-refractivity contribution in [3.8, 4) is 0 Å². The smallest absolute Gasteiger partial charge is 0.261 e. The number of hydrogen-bond acceptors (Lipinski definition) is 4. The summed E-state index contributed by atoms with van der Waals surface area (Å²) < 4.78 is 14.1. The topological polar surface area (TPSA) is 65.5 Å². The number of piperazine rings is 1. The SMILES string of the molecule is O=C(Nc1ccccc1)C(=Cc1cccnc1Cl)C(=O)N1CCN(c2ccccc2F)CC1. The molecule has 168 valence electrons. The van der Waals surface area contributed by atoms with Crippen LogP contribution in [0.15, 0.2) is 78.5 Å². The lowest BCUT2D eigenvalue weighted by atomic mass is 10.1. The molecule has 0 bridgehead atoms. The first-order valence-electron chi connectivity index (χ1n) is 10.5. The highest BCUT2D eigenvalue weighted by molar-refractivity contribution is 6.32. The van der Waals surface area contributed by atoms with E-state index in [2.05, 4.69) is 10.3 Å². The van der Waals surface area contributed by atoms with Crippen LogP contribution in [0.25, 0.3) is 6.08 Å². The quantitative estimate of drug-likeness (QED) is 0.265. The molecule has 0 unspecified atom stereocenters. The number of para-hydroxylation sites is 2. The summed E-state index contributed by atoms with van der Waals surface area (Å²) in [6.07, 6.45) is 2.99. The minimum absolute atomic E-state index is 0.0481. The number of nitrogens with zero attached hydrogens (tertiary/aromatic N) is 3. The van der Waals surface area contributed by atoms with Crippen molar-refractivity contribution in [2.45, 2.75) is 0 Å². The predicted molar refractivity (Wildman–Crippen MR) is 127 cm³/mol. The molecule has 2 heterocycles. The molecule has 0 spiro atoms. The van der Waals surface area contributed by atoms with Crippen LogP contribution < -0.4 is 10.2 Å². The molecule has 1 aliphatic heterocycles. The van der Waals surface area contributed by atoms with Gasteiger partial charge in [-0.2, -0.15) is 0 Å². The fraction of sp³-hybridized carbons (Fsp3) is 0.160. The number of anilines is 2. The number of benzene rings is 2. The molecule has 2 aromatic carbocycles. The predicted octanol–water partition coefficient (Wildman–Crippen LogP) is 4.25. The van der Waals surface area contributed by atoms with E-state index < -0.39 is 11.8 Å². The molecule has 1 fully saturated rings. The van der Waals surface area contributed by atoms with Crippen LogP contribution >= 0.6 is 11.6 Å². The van der Waals surface area contributed by atoms with Gasteiger partial charge in [-0.05, 0) is 36.4 Å². The number of rotatable bonds is 5. The third-order valence-electron chi connectivity index (χ3n) is 5.35. The van der Waals surface area contributed by atoms with Gasteiger partial charge in [0.25, 0.3) is 11.8 Å². The van der Waals surface area contributed by atoms with Crippen LogP contribution in [0.1, 0.15) is 5.56 Å². The number of carbonyl (C=O) groups is 2.